The lowest BCUT2D eigenvalue weighted by molar-refractivity contribution is 0.880. The molecule has 2 aromatic rings. The van der Waals surface area contributed by atoms with E-state index >= 15 is 0 Å². The van der Waals surface area contributed by atoms with Crippen LogP contribution in [-0.4, -0.2) is 7.05 Å². The molecule has 2 aromatic carbocycles. The van der Waals surface area contributed by atoms with Crippen LogP contribution in [0.1, 0.15) is 11.1 Å². The quantitative estimate of drug-likeness (QED) is 0.901. The van der Waals surface area contributed by atoms with Crippen LogP contribution in [0.5, 0.6) is 0 Å². The average molecular weight is 303 g/mol. The molecular formula is C15H15BrN2. The molecule has 3 heteroatoms. The fraction of sp³-hybridized carbons (Fsp3) is 0.200. The molecule has 0 saturated carbocycles. The summed E-state index contributed by atoms with van der Waals surface area (Å²) in [5.41, 5.74) is 5.30. The second-order valence-electron chi connectivity index (χ2n) is 4.57. The SMILES string of the molecule is CNc1ccc2c(c1)CN(c1cccc(Br)c1)C2. The number of halogens is 1. The molecule has 0 fully saturated rings. The summed E-state index contributed by atoms with van der Waals surface area (Å²) in [7, 11) is 1.96. The van der Waals surface area contributed by atoms with E-state index in [2.05, 4.69) is 68.6 Å². The van der Waals surface area contributed by atoms with Gasteiger partial charge in [0.2, 0.25) is 0 Å². The Morgan fingerprint density at radius 3 is 2.67 bits per heavy atom. The predicted molar refractivity (Wildman–Crippen MR) is 80.0 cm³/mol. The second-order valence-corrected chi connectivity index (χ2v) is 5.49. The highest BCUT2D eigenvalue weighted by Gasteiger charge is 2.19. The summed E-state index contributed by atoms with van der Waals surface area (Å²) in [6.07, 6.45) is 0. The van der Waals surface area contributed by atoms with Crippen molar-refractivity contribution in [3.05, 3.63) is 58.1 Å². The van der Waals surface area contributed by atoms with Gasteiger partial charge >= 0.3 is 0 Å². The first-order valence-electron chi connectivity index (χ1n) is 6.06. The van der Waals surface area contributed by atoms with Crippen LogP contribution in [0.4, 0.5) is 11.4 Å². The molecule has 2 nitrogen and oxygen atoms in total. The lowest BCUT2D eigenvalue weighted by Gasteiger charge is -2.17. The minimum absolute atomic E-state index is 0.987. The molecule has 1 aliphatic rings. The van der Waals surface area contributed by atoms with Crippen LogP contribution in [0, 0.1) is 0 Å². The Morgan fingerprint density at radius 2 is 1.89 bits per heavy atom. The highest BCUT2D eigenvalue weighted by Crippen LogP contribution is 2.31. The molecule has 0 aliphatic carbocycles. The van der Waals surface area contributed by atoms with Gasteiger partial charge in [0.1, 0.15) is 0 Å². The van der Waals surface area contributed by atoms with Gasteiger partial charge in [-0.2, -0.15) is 0 Å². The molecule has 0 amide bonds. The van der Waals surface area contributed by atoms with Gasteiger partial charge in [0.25, 0.3) is 0 Å². The smallest absolute Gasteiger partial charge is 0.0437 e. The minimum Gasteiger partial charge on any atom is -0.388 e. The Bertz CT molecular complexity index is 580. The third-order valence-corrected chi connectivity index (χ3v) is 3.88. The first kappa shape index (κ1) is 11.6. The van der Waals surface area contributed by atoms with E-state index < -0.39 is 0 Å². The Hall–Kier alpha value is -1.48. The Labute approximate surface area is 116 Å². The second kappa shape index (κ2) is 4.65. The van der Waals surface area contributed by atoms with Gasteiger partial charge in [-0.1, -0.05) is 28.1 Å². The molecule has 0 spiro atoms. The van der Waals surface area contributed by atoms with Crippen LogP contribution >= 0.6 is 15.9 Å². The summed E-state index contributed by atoms with van der Waals surface area (Å²) in [4.78, 5) is 2.40. The highest BCUT2D eigenvalue weighted by atomic mass is 79.9. The van der Waals surface area contributed by atoms with Crippen molar-refractivity contribution >= 4 is 27.3 Å². The molecule has 3 rings (SSSR count). The molecule has 1 N–H and O–H groups in total. The lowest BCUT2D eigenvalue weighted by atomic mass is 10.1. The third kappa shape index (κ3) is 2.10. The van der Waals surface area contributed by atoms with Crippen molar-refractivity contribution in [2.24, 2.45) is 0 Å². The summed E-state index contributed by atoms with van der Waals surface area (Å²) < 4.78 is 1.13. The number of nitrogens with zero attached hydrogens (tertiary/aromatic N) is 1. The zero-order chi connectivity index (χ0) is 12.5. The van der Waals surface area contributed by atoms with Crippen LogP contribution in [0.25, 0.3) is 0 Å². The molecule has 92 valence electrons. The molecule has 0 unspecified atom stereocenters. The van der Waals surface area contributed by atoms with E-state index in [9.17, 15) is 0 Å². The molecule has 18 heavy (non-hydrogen) atoms. The van der Waals surface area contributed by atoms with Crippen molar-refractivity contribution in [1.82, 2.24) is 0 Å². The number of rotatable bonds is 2. The van der Waals surface area contributed by atoms with Gasteiger partial charge in [-0.05, 0) is 41.5 Å². The van der Waals surface area contributed by atoms with Crippen LogP contribution in [0.2, 0.25) is 0 Å². The molecular weight excluding hydrogens is 288 g/mol. The number of hydrogen-bond acceptors (Lipinski definition) is 2. The topological polar surface area (TPSA) is 15.3 Å². The standard InChI is InChI=1S/C15H15BrN2/c1-17-14-6-5-11-9-18(10-12(11)7-14)15-4-2-3-13(16)8-15/h2-8,17H,9-10H2,1H3. The fourth-order valence-electron chi connectivity index (χ4n) is 2.41. The Morgan fingerprint density at radius 1 is 1.06 bits per heavy atom. The molecule has 0 bridgehead atoms. The molecule has 0 aromatic heterocycles. The van der Waals surface area contributed by atoms with Crippen LogP contribution in [-0.2, 0) is 13.1 Å². The van der Waals surface area contributed by atoms with Gasteiger partial charge in [-0.15, -0.1) is 0 Å². The summed E-state index contributed by atoms with van der Waals surface area (Å²) in [5.74, 6) is 0. The van der Waals surface area contributed by atoms with Crippen molar-refractivity contribution < 1.29 is 0 Å². The molecule has 1 heterocycles. The van der Waals surface area contributed by atoms with Crippen molar-refractivity contribution in [2.75, 3.05) is 17.3 Å². The zero-order valence-corrected chi connectivity index (χ0v) is 11.9. The largest absolute Gasteiger partial charge is 0.388 e. The number of benzene rings is 2. The molecule has 0 radical (unpaired) electrons. The summed E-state index contributed by atoms with van der Waals surface area (Å²) >= 11 is 3.53. The molecule has 0 atom stereocenters. The average Bonchev–Trinajstić information content (AvgIpc) is 2.81. The van der Waals surface area contributed by atoms with Crippen molar-refractivity contribution in [2.45, 2.75) is 13.1 Å². The van der Waals surface area contributed by atoms with E-state index in [1.807, 2.05) is 7.05 Å². The Kier molecular flexibility index (Phi) is 3.00. The number of fused-ring (bicyclic) bond motifs is 1. The number of nitrogens with one attached hydrogen (secondary N) is 1. The molecule has 0 saturated heterocycles. The predicted octanol–water partition coefficient (Wildman–Crippen LogP) is 4.01. The van der Waals surface area contributed by atoms with Crippen LogP contribution in [0.15, 0.2) is 46.9 Å². The van der Waals surface area contributed by atoms with E-state index in [1.165, 1.54) is 22.5 Å². The van der Waals surface area contributed by atoms with Gasteiger partial charge < -0.3 is 10.2 Å². The molecule has 1 aliphatic heterocycles. The van der Waals surface area contributed by atoms with E-state index in [4.69, 9.17) is 0 Å². The number of anilines is 2. The minimum atomic E-state index is 0.987. The van der Waals surface area contributed by atoms with Crippen LogP contribution in [0.3, 0.4) is 0 Å². The van der Waals surface area contributed by atoms with E-state index in [-0.39, 0.29) is 0 Å². The maximum Gasteiger partial charge on any atom is 0.0437 e. The van der Waals surface area contributed by atoms with Gasteiger partial charge in [0.15, 0.2) is 0 Å². The monoisotopic (exact) mass is 302 g/mol. The summed E-state index contributed by atoms with van der Waals surface area (Å²) in [6.45, 7) is 1.98. The maximum absolute atomic E-state index is 3.53. The lowest BCUT2D eigenvalue weighted by Crippen LogP contribution is -2.14. The van der Waals surface area contributed by atoms with Gasteiger partial charge in [0, 0.05) is 36.0 Å². The fourth-order valence-corrected chi connectivity index (χ4v) is 2.79. The van der Waals surface area contributed by atoms with Crippen molar-refractivity contribution in [1.29, 1.82) is 0 Å². The van der Waals surface area contributed by atoms with Crippen LogP contribution < -0.4 is 10.2 Å². The van der Waals surface area contributed by atoms with Crippen molar-refractivity contribution in [3.8, 4) is 0 Å². The number of hydrogen-bond donors (Lipinski definition) is 1. The Balaban J connectivity index is 1.88. The summed E-state index contributed by atoms with van der Waals surface area (Å²) in [6, 6.07) is 15.1. The normalized spacial score (nSPS) is 13.6. The van der Waals surface area contributed by atoms with Gasteiger partial charge in [-0.25, -0.2) is 0 Å². The van der Waals surface area contributed by atoms with Gasteiger partial charge in [-0.3, -0.25) is 0 Å². The van der Waals surface area contributed by atoms with E-state index in [0.717, 1.165) is 17.6 Å². The van der Waals surface area contributed by atoms with Gasteiger partial charge in [0.05, 0.1) is 0 Å². The van der Waals surface area contributed by atoms with Crippen molar-refractivity contribution in [3.63, 3.8) is 0 Å². The first-order valence-corrected chi connectivity index (χ1v) is 6.85. The third-order valence-electron chi connectivity index (χ3n) is 3.39. The van der Waals surface area contributed by atoms with E-state index in [1.54, 1.807) is 0 Å². The first-order chi connectivity index (χ1) is 8.76. The highest BCUT2D eigenvalue weighted by molar-refractivity contribution is 9.10. The summed E-state index contributed by atoms with van der Waals surface area (Å²) in [5, 5.41) is 3.19. The zero-order valence-electron chi connectivity index (χ0n) is 10.3. The maximum atomic E-state index is 3.53. The van der Waals surface area contributed by atoms with E-state index in [0.29, 0.717) is 0 Å².